The molecule has 60 valence electrons. The van der Waals surface area contributed by atoms with Crippen molar-refractivity contribution >= 4 is 0 Å². The van der Waals surface area contributed by atoms with Crippen molar-refractivity contribution in [2.24, 2.45) is 5.73 Å². The zero-order valence-electron chi connectivity index (χ0n) is 6.38. The molecule has 0 aromatic heterocycles. The highest BCUT2D eigenvalue weighted by molar-refractivity contribution is 4.71. The molecule has 1 aliphatic heterocycles. The monoisotopic (exact) mass is 145 g/mol. The maximum Gasteiger partial charge on any atom is 0.0618 e. The zero-order chi connectivity index (χ0) is 7.40. The molecule has 2 atom stereocenters. The summed E-state index contributed by atoms with van der Waals surface area (Å²) in [6.45, 7) is 1.46. The summed E-state index contributed by atoms with van der Waals surface area (Å²) in [5.74, 6) is 0. The van der Waals surface area contributed by atoms with E-state index in [9.17, 15) is 0 Å². The van der Waals surface area contributed by atoms with Gasteiger partial charge >= 0.3 is 0 Å². The van der Waals surface area contributed by atoms with Gasteiger partial charge in [0.1, 0.15) is 0 Å². The lowest BCUT2D eigenvalue weighted by Crippen LogP contribution is -2.28. The molecule has 0 radical (unpaired) electrons. The minimum Gasteiger partial charge on any atom is -0.381 e. The molecule has 0 aromatic carbocycles. The van der Waals surface area contributed by atoms with Crippen molar-refractivity contribution < 1.29 is 9.47 Å². The fraction of sp³-hybridized carbons (Fsp3) is 1.00. The quantitative estimate of drug-likeness (QED) is 0.570. The normalized spacial score (nSPS) is 35.4. The number of nitrogens with two attached hydrogens (primary N) is 1. The van der Waals surface area contributed by atoms with Crippen LogP contribution in [-0.2, 0) is 9.47 Å². The number of hydrogen-bond acceptors (Lipinski definition) is 3. The Bertz CT molecular complexity index is 97.6. The van der Waals surface area contributed by atoms with Crippen LogP contribution in [-0.4, -0.2) is 32.5 Å². The molecule has 0 bridgehead atoms. The van der Waals surface area contributed by atoms with Gasteiger partial charge in [-0.2, -0.15) is 0 Å². The van der Waals surface area contributed by atoms with Crippen LogP contribution in [0, 0.1) is 0 Å². The fourth-order valence-electron chi connectivity index (χ4n) is 1.19. The molecule has 1 saturated heterocycles. The molecule has 2 unspecified atom stereocenters. The van der Waals surface area contributed by atoms with E-state index in [1.807, 2.05) is 0 Å². The van der Waals surface area contributed by atoms with E-state index >= 15 is 0 Å². The third-order valence-corrected chi connectivity index (χ3v) is 1.82. The lowest BCUT2D eigenvalue weighted by atomic mass is 10.1. The molecule has 0 spiro atoms. The molecule has 0 aliphatic carbocycles. The molecule has 3 heteroatoms. The maximum absolute atomic E-state index is 5.70. The minimum absolute atomic E-state index is 0.160. The molecule has 1 fully saturated rings. The number of ether oxygens (including phenoxy) is 2. The topological polar surface area (TPSA) is 44.5 Å². The Morgan fingerprint density at radius 1 is 1.60 bits per heavy atom. The summed E-state index contributed by atoms with van der Waals surface area (Å²) in [5, 5.41) is 0. The van der Waals surface area contributed by atoms with Crippen LogP contribution in [0.1, 0.15) is 12.8 Å². The van der Waals surface area contributed by atoms with Crippen molar-refractivity contribution in [1.82, 2.24) is 0 Å². The van der Waals surface area contributed by atoms with Gasteiger partial charge in [-0.15, -0.1) is 0 Å². The summed E-state index contributed by atoms with van der Waals surface area (Å²) in [5.41, 5.74) is 5.70. The Balaban J connectivity index is 2.30. The van der Waals surface area contributed by atoms with Gasteiger partial charge in [-0.1, -0.05) is 0 Å². The van der Waals surface area contributed by atoms with E-state index in [-0.39, 0.29) is 6.04 Å². The van der Waals surface area contributed by atoms with Crippen LogP contribution in [0.25, 0.3) is 0 Å². The molecular formula is C7H15NO2. The van der Waals surface area contributed by atoms with Gasteiger partial charge in [-0.05, 0) is 12.8 Å². The summed E-state index contributed by atoms with van der Waals surface area (Å²) >= 11 is 0. The van der Waals surface area contributed by atoms with E-state index in [4.69, 9.17) is 15.2 Å². The second-order valence-electron chi connectivity index (χ2n) is 2.72. The van der Waals surface area contributed by atoms with Crippen LogP contribution in [0.4, 0.5) is 0 Å². The third kappa shape index (κ3) is 2.25. The molecule has 1 heterocycles. The Morgan fingerprint density at radius 2 is 2.40 bits per heavy atom. The highest BCUT2D eigenvalue weighted by Crippen LogP contribution is 2.09. The van der Waals surface area contributed by atoms with Crippen molar-refractivity contribution in [1.29, 1.82) is 0 Å². The largest absolute Gasteiger partial charge is 0.381 e. The second-order valence-corrected chi connectivity index (χ2v) is 2.72. The Morgan fingerprint density at radius 3 is 3.10 bits per heavy atom. The smallest absolute Gasteiger partial charge is 0.0618 e. The van der Waals surface area contributed by atoms with Gasteiger partial charge in [0.25, 0.3) is 0 Å². The maximum atomic E-state index is 5.70. The van der Waals surface area contributed by atoms with Crippen molar-refractivity contribution in [3.8, 4) is 0 Å². The predicted octanol–water partition coefficient (Wildman–Crippen LogP) is 0.139. The standard InChI is InChI=1S/C7H15NO2/c1-9-7-2-3-10-5-6(8)4-7/h6-7H,2-5,8H2,1H3. The molecule has 3 nitrogen and oxygen atoms in total. The van der Waals surface area contributed by atoms with Crippen LogP contribution < -0.4 is 5.73 Å². The van der Waals surface area contributed by atoms with E-state index < -0.39 is 0 Å². The average Bonchev–Trinajstić information content (AvgIpc) is 2.13. The van der Waals surface area contributed by atoms with Crippen LogP contribution in [0.5, 0.6) is 0 Å². The molecule has 1 aliphatic rings. The molecule has 10 heavy (non-hydrogen) atoms. The number of hydrogen-bond donors (Lipinski definition) is 1. The van der Waals surface area contributed by atoms with Crippen molar-refractivity contribution in [2.45, 2.75) is 25.0 Å². The Kier molecular flexibility index (Phi) is 3.12. The molecular weight excluding hydrogens is 130 g/mol. The lowest BCUT2D eigenvalue weighted by Gasteiger charge is -2.13. The van der Waals surface area contributed by atoms with Crippen molar-refractivity contribution in [3.63, 3.8) is 0 Å². The van der Waals surface area contributed by atoms with Crippen molar-refractivity contribution in [3.05, 3.63) is 0 Å². The zero-order valence-corrected chi connectivity index (χ0v) is 6.38. The van der Waals surface area contributed by atoms with Crippen LogP contribution in [0.3, 0.4) is 0 Å². The summed E-state index contributed by atoms with van der Waals surface area (Å²) in [6, 6.07) is 0.160. The first kappa shape index (κ1) is 7.98. The van der Waals surface area contributed by atoms with Gasteiger partial charge in [-0.3, -0.25) is 0 Å². The average molecular weight is 145 g/mol. The van der Waals surface area contributed by atoms with E-state index in [2.05, 4.69) is 0 Å². The third-order valence-electron chi connectivity index (χ3n) is 1.82. The first-order chi connectivity index (χ1) is 4.83. The Labute approximate surface area is 61.5 Å². The van der Waals surface area contributed by atoms with E-state index in [0.29, 0.717) is 12.7 Å². The van der Waals surface area contributed by atoms with Crippen LogP contribution in [0.2, 0.25) is 0 Å². The molecule has 0 aromatic rings. The van der Waals surface area contributed by atoms with Gasteiger partial charge < -0.3 is 15.2 Å². The second kappa shape index (κ2) is 3.91. The first-order valence-electron chi connectivity index (χ1n) is 3.69. The van der Waals surface area contributed by atoms with Gasteiger partial charge in [0.15, 0.2) is 0 Å². The summed E-state index contributed by atoms with van der Waals surface area (Å²) < 4.78 is 10.4. The first-order valence-corrected chi connectivity index (χ1v) is 3.69. The van der Waals surface area contributed by atoms with E-state index in [0.717, 1.165) is 19.4 Å². The van der Waals surface area contributed by atoms with E-state index in [1.54, 1.807) is 7.11 Å². The van der Waals surface area contributed by atoms with Crippen LogP contribution in [0.15, 0.2) is 0 Å². The SMILES string of the molecule is COC1CCOCC(N)C1. The predicted molar refractivity (Wildman–Crippen MR) is 38.8 cm³/mol. The highest BCUT2D eigenvalue weighted by atomic mass is 16.5. The van der Waals surface area contributed by atoms with Gasteiger partial charge in [0, 0.05) is 19.8 Å². The summed E-state index contributed by atoms with van der Waals surface area (Å²) in [4.78, 5) is 0. The fourth-order valence-corrected chi connectivity index (χ4v) is 1.19. The van der Waals surface area contributed by atoms with Crippen molar-refractivity contribution in [2.75, 3.05) is 20.3 Å². The van der Waals surface area contributed by atoms with Gasteiger partial charge in [-0.25, -0.2) is 0 Å². The highest BCUT2D eigenvalue weighted by Gasteiger charge is 2.16. The minimum atomic E-state index is 0.160. The van der Waals surface area contributed by atoms with Gasteiger partial charge in [0.2, 0.25) is 0 Å². The van der Waals surface area contributed by atoms with Crippen LogP contribution >= 0.6 is 0 Å². The van der Waals surface area contributed by atoms with E-state index in [1.165, 1.54) is 0 Å². The summed E-state index contributed by atoms with van der Waals surface area (Å²) in [7, 11) is 1.72. The molecule has 1 rings (SSSR count). The molecule has 0 saturated carbocycles. The molecule has 0 amide bonds. The Hall–Kier alpha value is -0.120. The van der Waals surface area contributed by atoms with Gasteiger partial charge in [0.05, 0.1) is 12.7 Å². The number of methoxy groups -OCH3 is 1. The summed E-state index contributed by atoms with van der Waals surface area (Å²) in [6.07, 6.45) is 2.21. The number of rotatable bonds is 1. The molecule has 2 N–H and O–H groups in total. The lowest BCUT2D eigenvalue weighted by molar-refractivity contribution is 0.0780.